The van der Waals surface area contributed by atoms with Gasteiger partial charge in [0.05, 0.1) is 6.10 Å². The molecule has 94 valence electrons. The Labute approximate surface area is 104 Å². The van der Waals surface area contributed by atoms with Gasteiger partial charge in [0.25, 0.3) is 0 Å². The minimum absolute atomic E-state index is 0.238. The predicted octanol–water partition coefficient (Wildman–Crippen LogP) is 3.78. The molecular formula is C15H22O2. The first kappa shape index (κ1) is 13.8. The fourth-order valence-corrected chi connectivity index (χ4v) is 1.75. The normalized spacial score (nSPS) is 12.2. The molecule has 2 heteroatoms. The lowest BCUT2D eigenvalue weighted by molar-refractivity contribution is -0.116. The smallest absolute Gasteiger partial charge is 0.130 e. The Morgan fingerprint density at radius 1 is 1.29 bits per heavy atom. The van der Waals surface area contributed by atoms with Crippen molar-refractivity contribution in [2.45, 2.75) is 52.6 Å². The first-order chi connectivity index (χ1) is 8.11. The number of aryl methyl sites for hydroxylation is 1. The highest BCUT2D eigenvalue weighted by atomic mass is 16.5. The zero-order chi connectivity index (χ0) is 12.7. The molecule has 0 radical (unpaired) electrons. The van der Waals surface area contributed by atoms with E-state index in [9.17, 15) is 4.79 Å². The Morgan fingerprint density at radius 3 is 2.47 bits per heavy atom. The predicted molar refractivity (Wildman–Crippen MR) is 70.4 cm³/mol. The fraction of sp³-hybridized carbons (Fsp3) is 0.533. The molecule has 2 nitrogen and oxygen atoms in total. The molecule has 1 unspecified atom stereocenters. The van der Waals surface area contributed by atoms with E-state index in [0.29, 0.717) is 6.42 Å². The van der Waals surface area contributed by atoms with E-state index >= 15 is 0 Å². The summed E-state index contributed by atoms with van der Waals surface area (Å²) in [5.41, 5.74) is 1.19. The van der Waals surface area contributed by atoms with Gasteiger partial charge in [0.15, 0.2) is 0 Å². The lowest BCUT2D eigenvalue weighted by atomic mass is 10.1. The largest absolute Gasteiger partial charge is 0.491 e. The molecule has 0 saturated heterocycles. The SMILES string of the molecule is CCCC(C)Oc1ccc(CCC(C)=O)cc1. The summed E-state index contributed by atoms with van der Waals surface area (Å²) in [4.78, 5) is 10.9. The van der Waals surface area contributed by atoms with Gasteiger partial charge in [-0.05, 0) is 44.4 Å². The van der Waals surface area contributed by atoms with Crippen LogP contribution in [0.25, 0.3) is 0 Å². The molecule has 0 heterocycles. The van der Waals surface area contributed by atoms with Crippen LogP contribution in [-0.4, -0.2) is 11.9 Å². The van der Waals surface area contributed by atoms with Crippen LogP contribution < -0.4 is 4.74 Å². The molecular weight excluding hydrogens is 212 g/mol. The van der Waals surface area contributed by atoms with Gasteiger partial charge in [0.2, 0.25) is 0 Å². The topological polar surface area (TPSA) is 26.3 Å². The first-order valence-electron chi connectivity index (χ1n) is 6.37. The molecule has 0 spiro atoms. The molecule has 0 aliphatic carbocycles. The van der Waals surface area contributed by atoms with Crippen LogP contribution in [0, 0.1) is 0 Å². The zero-order valence-electron chi connectivity index (χ0n) is 11.0. The van der Waals surface area contributed by atoms with Gasteiger partial charge >= 0.3 is 0 Å². The Morgan fingerprint density at radius 2 is 1.94 bits per heavy atom. The van der Waals surface area contributed by atoms with Crippen molar-refractivity contribution in [2.75, 3.05) is 0 Å². The Hall–Kier alpha value is -1.31. The van der Waals surface area contributed by atoms with Crippen molar-refractivity contribution in [3.8, 4) is 5.75 Å². The van der Waals surface area contributed by atoms with E-state index in [2.05, 4.69) is 13.8 Å². The Bertz CT molecular complexity index is 340. The molecule has 0 N–H and O–H groups in total. The number of hydrogen-bond donors (Lipinski definition) is 0. The minimum Gasteiger partial charge on any atom is -0.491 e. The third-order valence-corrected chi connectivity index (χ3v) is 2.72. The maximum Gasteiger partial charge on any atom is 0.130 e. The summed E-state index contributed by atoms with van der Waals surface area (Å²) in [5, 5.41) is 0. The van der Waals surface area contributed by atoms with Crippen molar-refractivity contribution < 1.29 is 9.53 Å². The number of carbonyl (C=O) groups is 1. The van der Waals surface area contributed by atoms with E-state index in [4.69, 9.17) is 4.74 Å². The zero-order valence-corrected chi connectivity index (χ0v) is 11.0. The summed E-state index contributed by atoms with van der Waals surface area (Å²) in [6.45, 7) is 5.88. The van der Waals surface area contributed by atoms with Gasteiger partial charge in [-0.1, -0.05) is 25.5 Å². The quantitative estimate of drug-likeness (QED) is 0.717. The molecule has 0 aromatic heterocycles. The van der Waals surface area contributed by atoms with Crippen LogP contribution in [0.1, 0.15) is 45.6 Å². The van der Waals surface area contributed by atoms with E-state index in [0.717, 1.165) is 25.0 Å². The Balaban J connectivity index is 2.47. The van der Waals surface area contributed by atoms with Gasteiger partial charge < -0.3 is 9.53 Å². The number of hydrogen-bond acceptors (Lipinski definition) is 2. The standard InChI is InChI=1S/C15H22O2/c1-4-5-13(3)17-15-10-8-14(9-11-15)7-6-12(2)16/h8-11,13H,4-7H2,1-3H3. The third-order valence-electron chi connectivity index (χ3n) is 2.72. The molecule has 1 aromatic carbocycles. The number of carbonyl (C=O) groups excluding carboxylic acids is 1. The van der Waals surface area contributed by atoms with Gasteiger partial charge in [-0.2, -0.15) is 0 Å². The van der Waals surface area contributed by atoms with Crippen molar-refractivity contribution in [3.63, 3.8) is 0 Å². The van der Waals surface area contributed by atoms with Crippen molar-refractivity contribution in [1.29, 1.82) is 0 Å². The van der Waals surface area contributed by atoms with Crippen molar-refractivity contribution in [2.24, 2.45) is 0 Å². The molecule has 0 saturated carbocycles. The molecule has 0 aliphatic heterocycles. The van der Waals surface area contributed by atoms with E-state index in [-0.39, 0.29) is 11.9 Å². The summed E-state index contributed by atoms with van der Waals surface area (Å²) in [6, 6.07) is 8.05. The number of Topliss-reactive ketones (excluding diaryl/α,β-unsaturated/α-hetero) is 1. The summed E-state index contributed by atoms with van der Waals surface area (Å²) >= 11 is 0. The average molecular weight is 234 g/mol. The van der Waals surface area contributed by atoms with Crippen LogP contribution in [0.15, 0.2) is 24.3 Å². The lowest BCUT2D eigenvalue weighted by Gasteiger charge is -2.13. The molecule has 0 aliphatic rings. The van der Waals surface area contributed by atoms with E-state index < -0.39 is 0 Å². The molecule has 1 rings (SSSR count). The van der Waals surface area contributed by atoms with Gasteiger partial charge in [0.1, 0.15) is 11.5 Å². The maximum atomic E-state index is 10.9. The fourth-order valence-electron chi connectivity index (χ4n) is 1.75. The van der Waals surface area contributed by atoms with E-state index in [1.807, 2.05) is 24.3 Å². The second kappa shape index (κ2) is 7.10. The maximum absolute atomic E-state index is 10.9. The summed E-state index contributed by atoms with van der Waals surface area (Å²) in [7, 11) is 0. The Kier molecular flexibility index (Phi) is 5.75. The monoisotopic (exact) mass is 234 g/mol. The average Bonchev–Trinajstić information content (AvgIpc) is 2.28. The number of ether oxygens (including phenoxy) is 1. The third kappa shape index (κ3) is 5.53. The summed E-state index contributed by atoms with van der Waals surface area (Å²) < 4.78 is 5.77. The number of rotatable bonds is 7. The van der Waals surface area contributed by atoms with Gasteiger partial charge in [-0.3, -0.25) is 0 Å². The lowest BCUT2D eigenvalue weighted by Crippen LogP contribution is -2.10. The highest BCUT2D eigenvalue weighted by molar-refractivity contribution is 5.75. The molecule has 0 fully saturated rings. The van der Waals surface area contributed by atoms with Crippen LogP contribution in [0.3, 0.4) is 0 Å². The van der Waals surface area contributed by atoms with Gasteiger partial charge in [0, 0.05) is 6.42 Å². The van der Waals surface area contributed by atoms with Crippen LogP contribution in [-0.2, 0) is 11.2 Å². The molecule has 1 atom stereocenters. The molecule has 0 amide bonds. The summed E-state index contributed by atoms with van der Waals surface area (Å²) in [5.74, 6) is 1.15. The van der Waals surface area contributed by atoms with Gasteiger partial charge in [-0.25, -0.2) is 0 Å². The second-order valence-corrected chi connectivity index (χ2v) is 4.56. The molecule has 17 heavy (non-hydrogen) atoms. The van der Waals surface area contributed by atoms with Crippen LogP contribution >= 0.6 is 0 Å². The van der Waals surface area contributed by atoms with Crippen LogP contribution in [0.5, 0.6) is 5.75 Å². The minimum atomic E-state index is 0.238. The molecule has 1 aromatic rings. The van der Waals surface area contributed by atoms with Crippen molar-refractivity contribution in [3.05, 3.63) is 29.8 Å². The van der Waals surface area contributed by atoms with Crippen molar-refractivity contribution >= 4 is 5.78 Å². The number of benzene rings is 1. The van der Waals surface area contributed by atoms with Gasteiger partial charge in [-0.15, -0.1) is 0 Å². The highest BCUT2D eigenvalue weighted by Gasteiger charge is 2.03. The number of ketones is 1. The van der Waals surface area contributed by atoms with Crippen molar-refractivity contribution in [1.82, 2.24) is 0 Å². The molecule has 0 bridgehead atoms. The van der Waals surface area contributed by atoms with Crippen LogP contribution in [0.4, 0.5) is 0 Å². The van der Waals surface area contributed by atoms with E-state index in [1.54, 1.807) is 6.92 Å². The second-order valence-electron chi connectivity index (χ2n) is 4.56. The summed E-state index contributed by atoms with van der Waals surface area (Å²) in [6.07, 6.45) is 3.92. The first-order valence-corrected chi connectivity index (χ1v) is 6.37. The highest BCUT2D eigenvalue weighted by Crippen LogP contribution is 2.16. The van der Waals surface area contributed by atoms with Crippen LogP contribution in [0.2, 0.25) is 0 Å². The van der Waals surface area contributed by atoms with E-state index in [1.165, 1.54) is 5.56 Å².